The van der Waals surface area contributed by atoms with Crippen molar-refractivity contribution in [1.82, 2.24) is 4.98 Å². The van der Waals surface area contributed by atoms with Gasteiger partial charge in [-0.05, 0) is 54.8 Å². The first-order valence-corrected chi connectivity index (χ1v) is 8.94. The standard InChI is InChI=1S/C20H16Cl2N2O2/c1-2-26-19(25)8-5-14-15-9-12(11-23)3-7-18(15)24-20(14)13-4-6-16(21)17(22)10-13/h3-4,6-7,9-10,24H,2,5,8H2,1H3. The maximum absolute atomic E-state index is 11.8. The Kier molecular flexibility index (Phi) is 5.51. The van der Waals surface area contributed by atoms with Gasteiger partial charge in [0.25, 0.3) is 0 Å². The number of halogens is 2. The number of ether oxygens (including phenoxy) is 1. The van der Waals surface area contributed by atoms with Gasteiger partial charge in [-0.15, -0.1) is 0 Å². The molecule has 0 amide bonds. The third kappa shape index (κ3) is 3.70. The molecule has 0 aliphatic carbocycles. The molecule has 0 fully saturated rings. The lowest BCUT2D eigenvalue weighted by Gasteiger charge is -2.07. The second kappa shape index (κ2) is 7.82. The minimum Gasteiger partial charge on any atom is -0.466 e. The molecule has 0 spiro atoms. The van der Waals surface area contributed by atoms with E-state index in [4.69, 9.17) is 27.9 Å². The van der Waals surface area contributed by atoms with Crippen LogP contribution in [0.25, 0.3) is 22.2 Å². The van der Waals surface area contributed by atoms with Gasteiger partial charge in [0, 0.05) is 23.0 Å². The van der Waals surface area contributed by atoms with E-state index < -0.39 is 0 Å². The van der Waals surface area contributed by atoms with Gasteiger partial charge in [-0.25, -0.2) is 0 Å². The maximum Gasteiger partial charge on any atom is 0.306 e. The lowest BCUT2D eigenvalue weighted by Crippen LogP contribution is -2.05. The molecule has 3 aromatic rings. The Hall–Kier alpha value is -2.48. The number of carbonyl (C=O) groups excluding carboxylic acids is 1. The van der Waals surface area contributed by atoms with Crippen LogP contribution in [0.5, 0.6) is 0 Å². The van der Waals surface area contributed by atoms with Crippen molar-refractivity contribution >= 4 is 40.1 Å². The molecule has 1 aromatic heterocycles. The number of H-pyrrole nitrogens is 1. The summed E-state index contributed by atoms with van der Waals surface area (Å²) >= 11 is 12.2. The van der Waals surface area contributed by atoms with Gasteiger partial charge in [-0.1, -0.05) is 29.3 Å². The SMILES string of the molecule is CCOC(=O)CCc1c(-c2ccc(Cl)c(Cl)c2)[nH]c2ccc(C#N)cc12. The maximum atomic E-state index is 11.8. The van der Waals surface area contributed by atoms with Crippen LogP contribution in [0, 0.1) is 11.3 Å². The molecule has 0 aliphatic heterocycles. The number of aromatic nitrogens is 1. The smallest absolute Gasteiger partial charge is 0.306 e. The van der Waals surface area contributed by atoms with Crippen LogP contribution in [-0.4, -0.2) is 17.6 Å². The second-order valence-corrected chi connectivity index (χ2v) is 6.60. The summed E-state index contributed by atoms with van der Waals surface area (Å²) in [5.41, 5.74) is 4.13. The number of aromatic amines is 1. The Labute approximate surface area is 161 Å². The van der Waals surface area contributed by atoms with Crippen LogP contribution in [0.1, 0.15) is 24.5 Å². The van der Waals surface area contributed by atoms with Crippen molar-refractivity contribution in [1.29, 1.82) is 5.26 Å². The van der Waals surface area contributed by atoms with Crippen LogP contribution < -0.4 is 0 Å². The van der Waals surface area contributed by atoms with Gasteiger partial charge >= 0.3 is 5.97 Å². The third-order valence-corrected chi connectivity index (χ3v) is 4.87. The van der Waals surface area contributed by atoms with E-state index in [-0.39, 0.29) is 12.4 Å². The minimum atomic E-state index is -0.252. The van der Waals surface area contributed by atoms with Crippen molar-refractivity contribution < 1.29 is 9.53 Å². The van der Waals surface area contributed by atoms with E-state index >= 15 is 0 Å². The predicted molar refractivity (Wildman–Crippen MR) is 103 cm³/mol. The summed E-state index contributed by atoms with van der Waals surface area (Å²) in [5.74, 6) is -0.252. The molecule has 3 rings (SSSR count). The van der Waals surface area contributed by atoms with Crippen molar-refractivity contribution in [3.8, 4) is 17.3 Å². The van der Waals surface area contributed by atoms with Gasteiger partial charge in [0.2, 0.25) is 0 Å². The molecule has 0 atom stereocenters. The molecule has 0 saturated carbocycles. The largest absolute Gasteiger partial charge is 0.466 e. The number of nitrogens with zero attached hydrogens (tertiary/aromatic N) is 1. The lowest BCUT2D eigenvalue weighted by molar-refractivity contribution is -0.143. The molecule has 26 heavy (non-hydrogen) atoms. The van der Waals surface area contributed by atoms with E-state index in [0.29, 0.717) is 28.6 Å². The summed E-state index contributed by atoms with van der Waals surface area (Å²) < 4.78 is 5.04. The fourth-order valence-corrected chi connectivity index (χ4v) is 3.23. The number of carbonyl (C=O) groups is 1. The second-order valence-electron chi connectivity index (χ2n) is 5.78. The number of rotatable bonds is 5. The normalized spacial score (nSPS) is 10.7. The highest BCUT2D eigenvalue weighted by Gasteiger charge is 2.16. The Morgan fingerprint density at radius 1 is 1.19 bits per heavy atom. The first-order chi connectivity index (χ1) is 12.5. The fourth-order valence-electron chi connectivity index (χ4n) is 2.94. The number of hydrogen-bond donors (Lipinski definition) is 1. The molecule has 1 heterocycles. The van der Waals surface area contributed by atoms with Gasteiger partial charge < -0.3 is 9.72 Å². The Morgan fingerprint density at radius 2 is 2.00 bits per heavy atom. The average molecular weight is 387 g/mol. The zero-order valence-corrected chi connectivity index (χ0v) is 15.6. The van der Waals surface area contributed by atoms with E-state index in [9.17, 15) is 10.1 Å². The Balaban J connectivity index is 2.11. The molecule has 0 unspecified atom stereocenters. The third-order valence-electron chi connectivity index (χ3n) is 4.13. The van der Waals surface area contributed by atoms with E-state index in [2.05, 4.69) is 11.1 Å². The summed E-state index contributed by atoms with van der Waals surface area (Å²) in [7, 11) is 0. The van der Waals surface area contributed by atoms with E-state index in [0.717, 1.165) is 27.7 Å². The summed E-state index contributed by atoms with van der Waals surface area (Å²) in [6.45, 7) is 2.13. The van der Waals surface area contributed by atoms with Crippen molar-refractivity contribution in [2.24, 2.45) is 0 Å². The van der Waals surface area contributed by atoms with E-state index in [1.54, 1.807) is 25.1 Å². The number of aryl methyl sites for hydroxylation is 1. The monoisotopic (exact) mass is 386 g/mol. The predicted octanol–water partition coefficient (Wildman–Crippen LogP) is 5.51. The van der Waals surface area contributed by atoms with Crippen molar-refractivity contribution in [3.05, 3.63) is 57.6 Å². The zero-order chi connectivity index (χ0) is 18.7. The van der Waals surface area contributed by atoms with Gasteiger partial charge in [0.05, 0.1) is 28.3 Å². The topological polar surface area (TPSA) is 65.9 Å². The molecule has 2 aromatic carbocycles. The van der Waals surface area contributed by atoms with Crippen LogP contribution in [0.4, 0.5) is 0 Å². The zero-order valence-electron chi connectivity index (χ0n) is 14.1. The van der Waals surface area contributed by atoms with Crippen LogP contribution in [-0.2, 0) is 16.0 Å². The Morgan fingerprint density at radius 3 is 2.69 bits per heavy atom. The van der Waals surface area contributed by atoms with Gasteiger partial charge in [0.1, 0.15) is 0 Å². The molecule has 0 saturated heterocycles. The molecule has 0 bridgehead atoms. The van der Waals surface area contributed by atoms with Crippen LogP contribution >= 0.6 is 23.2 Å². The quantitative estimate of drug-likeness (QED) is 0.587. The number of fused-ring (bicyclic) bond motifs is 1. The average Bonchev–Trinajstić information content (AvgIpc) is 3.00. The summed E-state index contributed by atoms with van der Waals surface area (Å²) in [4.78, 5) is 15.2. The molecule has 1 N–H and O–H groups in total. The van der Waals surface area contributed by atoms with Crippen molar-refractivity contribution in [3.63, 3.8) is 0 Å². The minimum absolute atomic E-state index is 0.252. The number of nitrogens with one attached hydrogen (secondary N) is 1. The number of nitriles is 1. The highest BCUT2D eigenvalue weighted by atomic mass is 35.5. The van der Waals surface area contributed by atoms with Crippen LogP contribution in [0.2, 0.25) is 10.0 Å². The summed E-state index contributed by atoms with van der Waals surface area (Å²) in [5, 5.41) is 11.0. The fraction of sp³-hybridized carbons (Fsp3) is 0.200. The molecule has 4 nitrogen and oxygen atoms in total. The molecule has 132 valence electrons. The molecule has 0 radical (unpaired) electrons. The number of hydrogen-bond acceptors (Lipinski definition) is 3. The van der Waals surface area contributed by atoms with Crippen LogP contribution in [0.15, 0.2) is 36.4 Å². The summed E-state index contributed by atoms with van der Waals surface area (Å²) in [6.07, 6.45) is 0.745. The first kappa shape index (κ1) is 18.3. The van der Waals surface area contributed by atoms with Crippen LogP contribution in [0.3, 0.4) is 0 Å². The van der Waals surface area contributed by atoms with Gasteiger partial charge in [-0.2, -0.15) is 5.26 Å². The Bertz CT molecular complexity index is 1020. The van der Waals surface area contributed by atoms with Crippen molar-refractivity contribution in [2.45, 2.75) is 19.8 Å². The molecule has 6 heteroatoms. The molecular formula is C20H16Cl2N2O2. The first-order valence-electron chi connectivity index (χ1n) is 8.19. The van der Waals surface area contributed by atoms with E-state index in [1.165, 1.54) is 0 Å². The number of esters is 1. The van der Waals surface area contributed by atoms with Crippen molar-refractivity contribution in [2.75, 3.05) is 6.61 Å². The highest BCUT2D eigenvalue weighted by molar-refractivity contribution is 6.42. The van der Waals surface area contributed by atoms with Gasteiger partial charge in [0.15, 0.2) is 0 Å². The number of benzene rings is 2. The highest BCUT2D eigenvalue weighted by Crippen LogP contribution is 2.35. The molecule has 0 aliphatic rings. The van der Waals surface area contributed by atoms with E-state index in [1.807, 2.05) is 18.2 Å². The lowest BCUT2D eigenvalue weighted by atomic mass is 10.0. The molecular weight excluding hydrogens is 371 g/mol. The summed E-state index contributed by atoms with van der Waals surface area (Å²) in [6, 6.07) is 13.0. The van der Waals surface area contributed by atoms with Gasteiger partial charge in [-0.3, -0.25) is 4.79 Å².